The molecule has 0 bridgehead atoms. The third-order valence-corrected chi connectivity index (χ3v) is 4.41. The number of rotatable bonds is 8. The third kappa shape index (κ3) is 5.84. The SMILES string of the molecule is O=C(CN1CCN(CCCOc2ccccc2)CC1)NC1CC1. The molecule has 0 radical (unpaired) electrons. The molecule has 1 aliphatic carbocycles. The first kappa shape index (κ1) is 16.3. The summed E-state index contributed by atoms with van der Waals surface area (Å²) in [5, 5.41) is 3.06. The minimum Gasteiger partial charge on any atom is -0.494 e. The highest BCUT2D eigenvalue weighted by Crippen LogP contribution is 2.18. The van der Waals surface area contributed by atoms with Gasteiger partial charge in [0.25, 0.3) is 0 Å². The molecule has 1 heterocycles. The van der Waals surface area contributed by atoms with Crippen LogP contribution in [0.25, 0.3) is 0 Å². The number of hydrogen-bond acceptors (Lipinski definition) is 4. The van der Waals surface area contributed by atoms with Gasteiger partial charge < -0.3 is 15.0 Å². The highest BCUT2D eigenvalue weighted by atomic mass is 16.5. The zero-order chi connectivity index (χ0) is 15.9. The summed E-state index contributed by atoms with van der Waals surface area (Å²) in [5.74, 6) is 1.14. The molecule has 1 aromatic rings. The second-order valence-electron chi connectivity index (χ2n) is 6.47. The maximum atomic E-state index is 11.8. The van der Waals surface area contributed by atoms with Gasteiger partial charge in [0.05, 0.1) is 13.2 Å². The van der Waals surface area contributed by atoms with Crippen LogP contribution in [0.3, 0.4) is 0 Å². The fourth-order valence-electron chi connectivity index (χ4n) is 2.87. The second kappa shape index (κ2) is 8.31. The van der Waals surface area contributed by atoms with Crippen molar-refractivity contribution < 1.29 is 9.53 Å². The topological polar surface area (TPSA) is 44.8 Å². The predicted molar refractivity (Wildman–Crippen MR) is 90.6 cm³/mol. The Hall–Kier alpha value is -1.59. The summed E-state index contributed by atoms with van der Waals surface area (Å²) in [5.41, 5.74) is 0. The van der Waals surface area contributed by atoms with E-state index in [0.29, 0.717) is 12.6 Å². The van der Waals surface area contributed by atoms with Gasteiger partial charge >= 0.3 is 0 Å². The van der Waals surface area contributed by atoms with E-state index >= 15 is 0 Å². The van der Waals surface area contributed by atoms with E-state index in [1.54, 1.807) is 0 Å². The molecule has 5 nitrogen and oxygen atoms in total. The molecule has 1 aliphatic heterocycles. The summed E-state index contributed by atoms with van der Waals surface area (Å²) in [6.07, 6.45) is 3.35. The third-order valence-electron chi connectivity index (χ3n) is 4.41. The van der Waals surface area contributed by atoms with E-state index in [-0.39, 0.29) is 5.91 Å². The summed E-state index contributed by atoms with van der Waals surface area (Å²) >= 11 is 0. The van der Waals surface area contributed by atoms with Gasteiger partial charge in [-0.05, 0) is 31.4 Å². The van der Waals surface area contributed by atoms with E-state index in [9.17, 15) is 4.79 Å². The number of ether oxygens (including phenoxy) is 1. The Balaban J connectivity index is 1.25. The van der Waals surface area contributed by atoms with Crippen molar-refractivity contribution in [3.8, 4) is 5.75 Å². The second-order valence-corrected chi connectivity index (χ2v) is 6.47. The zero-order valence-electron chi connectivity index (χ0n) is 13.7. The van der Waals surface area contributed by atoms with E-state index in [0.717, 1.165) is 64.3 Å². The van der Waals surface area contributed by atoms with Crippen molar-refractivity contribution >= 4 is 5.91 Å². The molecule has 1 amide bonds. The highest BCUT2D eigenvalue weighted by Gasteiger charge is 2.25. The number of nitrogens with zero attached hydrogens (tertiary/aromatic N) is 2. The summed E-state index contributed by atoms with van der Waals surface area (Å²) in [6, 6.07) is 10.4. The van der Waals surface area contributed by atoms with Gasteiger partial charge in [-0.3, -0.25) is 9.69 Å². The molecule has 1 saturated carbocycles. The molecular formula is C18H27N3O2. The Labute approximate surface area is 138 Å². The number of amides is 1. The molecule has 5 heteroatoms. The zero-order valence-corrected chi connectivity index (χ0v) is 13.7. The van der Waals surface area contributed by atoms with Crippen molar-refractivity contribution in [2.45, 2.75) is 25.3 Å². The number of nitrogens with one attached hydrogen (secondary N) is 1. The number of benzene rings is 1. The Kier molecular flexibility index (Phi) is 5.88. The van der Waals surface area contributed by atoms with E-state index in [2.05, 4.69) is 15.1 Å². The van der Waals surface area contributed by atoms with E-state index in [1.165, 1.54) is 0 Å². The van der Waals surface area contributed by atoms with Crippen LogP contribution < -0.4 is 10.1 Å². The minimum atomic E-state index is 0.192. The molecule has 1 N–H and O–H groups in total. The predicted octanol–water partition coefficient (Wildman–Crippen LogP) is 1.35. The number of carbonyl (C=O) groups excluding carboxylic acids is 1. The van der Waals surface area contributed by atoms with Crippen LogP contribution in [0.2, 0.25) is 0 Å². The van der Waals surface area contributed by atoms with Crippen LogP contribution in [0.4, 0.5) is 0 Å². The van der Waals surface area contributed by atoms with Gasteiger partial charge in [-0.2, -0.15) is 0 Å². The molecule has 23 heavy (non-hydrogen) atoms. The van der Waals surface area contributed by atoms with Crippen molar-refractivity contribution in [2.24, 2.45) is 0 Å². The van der Waals surface area contributed by atoms with Gasteiger partial charge in [0.15, 0.2) is 0 Å². The van der Waals surface area contributed by atoms with Crippen LogP contribution in [-0.4, -0.2) is 67.6 Å². The van der Waals surface area contributed by atoms with Crippen LogP contribution in [0, 0.1) is 0 Å². The molecule has 0 aromatic heterocycles. The van der Waals surface area contributed by atoms with Gasteiger partial charge in [-0.25, -0.2) is 0 Å². The van der Waals surface area contributed by atoms with E-state index < -0.39 is 0 Å². The van der Waals surface area contributed by atoms with Gasteiger partial charge in [-0.1, -0.05) is 18.2 Å². The number of carbonyl (C=O) groups is 1. The van der Waals surface area contributed by atoms with E-state index in [4.69, 9.17) is 4.74 Å². The fourth-order valence-corrected chi connectivity index (χ4v) is 2.87. The number of piperazine rings is 1. The Morgan fingerprint density at radius 2 is 1.78 bits per heavy atom. The molecule has 0 unspecified atom stereocenters. The molecular weight excluding hydrogens is 290 g/mol. The molecule has 3 rings (SSSR count). The number of hydrogen-bond donors (Lipinski definition) is 1. The standard InChI is InChI=1S/C18H27N3O2/c22-18(19-16-7-8-16)15-21-12-10-20(11-13-21)9-4-14-23-17-5-2-1-3-6-17/h1-3,5-6,16H,4,7-15H2,(H,19,22). The van der Waals surface area contributed by atoms with Crippen LogP contribution in [0.1, 0.15) is 19.3 Å². The van der Waals surface area contributed by atoms with Crippen LogP contribution >= 0.6 is 0 Å². The van der Waals surface area contributed by atoms with E-state index in [1.807, 2.05) is 30.3 Å². The normalized spacial score (nSPS) is 19.5. The summed E-state index contributed by atoms with van der Waals surface area (Å²) in [4.78, 5) is 16.5. The lowest BCUT2D eigenvalue weighted by Crippen LogP contribution is -2.49. The van der Waals surface area contributed by atoms with Crippen molar-refractivity contribution in [3.63, 3.8) is 0 Å². The highest BCUT2D eigenvalue weighted by molar-refractivity contribution is 5.78. The Morgan fingerprint density at radius 3 is 2.48 bits per heavy atom. The molecule has 0 spiro atoms. The van der Waals surface area contributed by atoms with Gasteiger partial charge in [-0.15, -0.1) is 0 Å². The maximum Gasteiger partial charge on any atom is 0.234 e. The van der Waals surface area contributed by atoms with Crippen molar-refractivity contribution in [2.75, 3.05) is 45.9 Å². The first-order chi connectivity index (χ1) is 11.3. The van der Waals surface area contributed by atoms with Gasteiger partial charge in [0, 0.05) is 38.8 Å². The lowest BCUT2D eigenvalue weighted by molar-refractivity contribution is -0.122. The lowest BCUT2D eigenvalue weighted by Gasteiger charge is -2.34. The summed E-state index contributed by atoms with van der Waals surface area (Å²) in [7, 11) is 0. The molecule has 2 fully saturated rings. The molecule has 1 aromatic carbocycles. The van der Waals surface area contributed by atoms with Crippen LogP contribution in [0.15, 0.2) is 30.3 Å². The lowest BCUT2D eigenvalue weighted by atomic mass is 10.3. The Bertz CT molecular complexity index is 482. The smallest absolute Gasteiger partial charge is 0.234 e. The van der Waals surface area contributed by atoms with Crippen molar-refractivity contribution in [3.05, 3.63) is 30.3 Å². The quantitative estimate of drug-likeness (QED) is 0.735. The van der Waals surface area contributed by atoms with Crippen molar-refractivity contribution in [1.29, 1.82) is 0 Å². The molecule has 126 valence electrons. The summed E-state index contributed by atoms with van der Waals surface area (Å²) < 4.78 is 5.72. The first-order valence-corrected chi connectivity index (χ1v) is 8.71. The van der Waals surface area contributed by atoms with Gasteiger partial charge in [0.2, 0.25) is 5.91 Å². The minimum absolute atomic E-state index is 0.192. The first-order valence-electron chi connectivity index (χ1n) is 8.71. The van der Waals surface area contributed by atoms with Crippen molar-refractivity contribution in [1.82, 2.24) is 15.1 Å². The molecule has 0 atom stereocenters. The van der Waals surface area contributed by atoms with Crippen LogP contribution in [0.5, 0.6) is 5.75 Å². The van der Waals surface area contributed by atoms with Gasteiger partial charge in [0.1, 0.15) is 5.75 Å². The fraction of sp³-hybridized carbons (Fsp3) is 0.611. The average molecular weight is 317 g/mol. The monoisotopic (exact) mass is 317 g/mol. The summed E-state index contributed by atoms with van der Waals surface area (Å²) in [6.45, 7) is 6.43. The molecule has 2 aliphatic rings. The largest absolute Gasteiger partial charge is 0.494 e. The number of para-hydroxylation sites is 1. The maximum absolute atomic E-state index is 11.8. The van der Waals surface area contributed by atoms with Crippen LogP contribution in [-0.2, 0) is 4.79 Å². The average Bonchev–Trinajstić information content (AvgIpc) is 3.38. The Morgan fingerprint density at radius 1 is 1.09 bits per heavy atom. The molecule has 1 saturated heterocycles.